The molecule has 0 nitrogen and oxygen atoms in total. The van der Waals surface area contributed by atoms with Crippen LogP contribution in [0.4, 0.5) is 22.0 Å². The Morgan fingerprint density at radius 3 is 1.33 bits per heavy atom. The van der Waals surface area contributed by atoms with Crippen LogP contribution >= 0.6 is 0 Å². The first kappa shape index (κ1) is 11.5. The van der Waals surface area contributed by atoms with Crippen molar-refractivity contribution in [1.29, 1.82) is 0 Å². The average Bonchev–Trinajstić information content (AvgIpc) is 1.97. The summed E-state index contributed by atoms with van der Waals surface area (Å²) in [7, 11) is 0. The zero-order valence-corrected chi connectivity index (χ0v) is 6.76. The van der Waals surface area contributed by atoms with Crippen LogP contribution in [0.5, 0.6) is 0 Å². The van der Waals surface area contributed by atoms with Crippen LogP contribution in [0.2, 0.25) is 0 Å². The standard InChI is InChI=1S/C6F5.Pd/c7-2-1-3(8)5(10)6(11)4(2)9;/q-1;. The second kappa shape index (κ2) is 3.97. The predicted molar refractivity (Wildman–Crippen MR) is 25.1 cm³/mol. The SMILES string of the molecule is Fc1[c-]c(F)c(F)c(F)c1F.[Pd]. The molecule has 0 saturated carbocycles. The van der Waals surface area contributed by atoms with Crippen molar-refractivity contribution in [1.82, 2.24) is 0 Å². The van der Waals surface area contributed by atoms with Gasteiger partial charge in [-0.2, -0.15) is 0 Å². The van der Waals surface area contributed by atoms with Gasteiger partial charge in [-0.05, 0) is 0 Å². The molecule has 0 unspecified atom stereocenters. The number of rotatable bonds is 0. The third kappa shape index (κ3) is 1.82. The maximum absolute atomic E-state index is 12.0. The van der Waals surface area contributed by atoms with E-state index < -0.39 is 29.1 Å². The molecule has 0 atom stereocenters. The van der Waals surface area contributed by atoms with E-state index in [0.29, 0.717) is 0 Å². The largest absolute Gasteiger partial charge is 0.278 e. The summed E-state index contributed by atoms with van der Waals surface area (Å²) in [5.41, 5.74) is 0. The molecule has 6 heteroatoms. The van der Waals surface area contributed by atoms with Crippen molar-refractivity contribution in [3.63, 3.8) is 0 Å². The van der Waals surface area contributed by atoms with Crippen molar-refractivity contribution >= 4 is 0 Å². The Balaban J connectivity index is 0.00000121. The molecule has 0 heterocycles. The van der Waals surface area contributed by atoms with E-state index in [1.54, 1.807) is 0 Å². The minimum Gasteiger partial charge on any atom is -0.278 e. The summed E-state index contributed by atoms with van der Waals surface area (Å²) in [5, 5.41) is 0. The molecule has 0 N–H and O–H groups in total. The van der Waals surface area contributed by atoms with Gasteiger partial charge in [0.25, 0.3) is 0 Å². The van der Waals surface area contributed by atoms with Crippen molar-refractivity contribution in [2.45, 2.75) is 0 Å². The first-order valence-electron chi connectivity index (χ1n) is 2.44. The summed E-state index contributed by atoms with van der Waals surface area (Å²) in [6, 6.07) is 1.02. The van der Waals surface area contributed by atoms with E-state index in [1.165, 1.54) is 0 Å². The molecule has 1 rings (SSSR count). The van der Waals surface area contributed by atoms with Gasteiger partial charge < -0.3 is 0 Å². The van der Waals surface area contributed by atoms with Gasteiger partial charge in [-0.25, -0.2) is 13.2 Å². The van der Waals surface area contributed by atoms with E-state index in [0.717, 1.165) is 6.07 Å². The molecule has 0 aromatic heterocycles. The Hall–Kier alpha value is -0.468. The van der Waals surface area contributed by atoms with E-state index in [4.69, 9.17) is 0 Å². The molecule has 0 radical (unpaired) electrons. The van der Waals surface area contributed by atoms with Crippen molar-refractivity contribution < 1.29 is 42.4 Å². The van der Waals surface area contributed by atoms with Gasteiger partial charge in [0.15, 0.2) is 0 Å². The fourth-order valence-corrected chi connectivity index (χ4v) is 0.495. The van der Waals surface area contributed by atoms with E-state index in [1.807, 2.05) is 0 Å². The number of hydrogen-bond donors (Lipinski definition) is 0. The van der Waals surface area contributed by atoms with Gasteiger partial charge in [0.05, 0.1) is 29.1 Å². The average molecular weight is 273 g/mol. The Bertz CT molecular complexity index is 272. The van der Waals surface area contributed by atoms with E-state index in [-0.39, 0.29) is 20.4 Å². The quantitative estimate of drug-likeness (QED) is 0.223. The maximum Gasteiger partial charge on any atom is 0.0893 e. The summed E-state index contributed by atoms with van der Waals surface area (Å²) in [4.78, 5) is 0. The van der Waals surface area contributed by atoms with Gasteiger partial charge in [-0.3, -0.25) is 8.78 Å². The Morgan fingerprint density at radius 2 is 1.00 bits per heavy atom. The first-order valence-corrected chi connectivity index (χ1v) is 2.44. The zero-order chi connectivity index (χ0) is 8.59. The molecule has 0 amide bonds. The normalized spacial score (nSPS) is 9.42. The minimum absolute atomic E-state index is 0. The molecular weight excluding hydrogens is 273 g/mol. The van der Waals surface area contributed by atoms with Crippen LogP contribution < -0.4 is 0 Å². The van der Waals surface area contributed by atoms with Gasteiger partial charge in [0.2, 0.25) is 0 Å². The molecule has 0 fully saturated rings. The molecule has 0 aliphatic heterocycles. The van der Waals surface area contributed by atoms with Gasteiger partial charge in [-0.1, -0.05) is 0 Å². The van der Waals surface area contributed by atoms with Crippen LogP contribution in [0.15, 0.2) is 0 Å². The van der Waals surface area contributed by atoms with Crippen molar-refractivity contribution in [3.05, 3.63) is 35.2 Å². The molecule has 0 saturated heterocycles. The smallest absolute Gasteiger partial charge is 0.0893 e. The van der Waals surface area contributed by atoms with Crippen LogP contribution in [0.1, 0.15) is 0 Å². The summed E-state index contributed by atoms with van der Waals surface area (Å²) in [5.74, 6) is -10.0. The Kier molecular flexibility index (Phi) is 3.81. The summed E-state index contributed by atoms with van der Waals surface area (Å²) in [6.45, 7) is 0. The van der Waals surface area contributed by atoms with Crippen molar-refractivity contribution in [2.75, 3.05) is 0 Å². The molecule has 1 aromatic rings. The molecule has 0 aliphatic rings. The van der Waals surface area contributed by atoms with Crippen LogP contribution in [0.3, 0.4) is 0 Å². The van der Waals surface area contributed by atoms with Gasteiger partial charge in [0, 0.05) is 20.4 Å². The molecule has 0 spiro atoms. The topological polar surface area (TPSA) is 0 Å². The van der Waals surface area contributed by atoms with Gasteiger partial charge in [0.1, 0.15) is 0 Å². The van der Waals surface area contributed by atoms with E-state index in [2.05, 4.69) is 0 Å². The first-order chi connectivity index (χ1) is 5.04. The van der Waals surface area contributed by atoms with Crippen LogP contribution in [0.25, 0.3) is 0 Å². The van der Waals surface area contributed by atoms with Crippen LogP contribution in [-0.2, 0) is 20.4 Å². The van der Waals surface area contributed by atoms with E-state index in [9.17, 15) is 22.0 Å². The monoisotopic (exact) mass is 273 g/mol. The summed E-state index contributed by atoms with van der Waals surface area (Å²) < 4.78 is 59.9. The van der Waals surface area contributed by atoms with Crippen LogP contribution in [0, 0.1) is 35.2 Å². The van der Waals surface area contributed by atoms with E-state index >= 15 is 0 Å². The minimum atomic E-state index is -2.17. The molecular formula is C6F5Pd-. The van der Waals surface area contributed by atoms with Crippen LogP contribution in [-0.4, -0.2) is 0 Å². The molecule has 70 valence electrons. The fraction of sp³-hybridized carbons (Fsp3) is 0. The third-order valence-corrected chi connectivity index (χ3v) is 0.990. The fourth-order valence-electron chi connectivity index (χ4n) is 0.495. The van der Waals surface area contributed by atoms with Gasteiger partial charge in [-0.15, -0.1) is 6.07 Å². The molecule has 12 heavy (non-hydrogen) atoms. The Labute approximate surface area is 78.0 Å². The second-order valence-electron chi connectivity index (χ2n) is 1.69. The Morgan fingerprint density at radius 1 is 0.667 bits per heavy atom. The summed E-state index contributed by atoms with van der Waals surface area (Å²) >= 11 is 0. The van der Waals surface area contributed by atoms with Gasteiger partial charge >= 0.3 is 0 Å². The van der Waals surface area contributed by atoms with Crippen molar-refractivity contribution in [2.24, 2.45) is 0 Å². The number of hydrogen-bond acceptors (Lipinski definition) is 0. The molecule has 1 aromatic carbocycles. The predicted octanol–water partition coefficient (Wildman–Crippen LogP) is 2.18. The maximum atomic E-state index is 12.0. The number of benzene rings is 1. The zero-order valence-electron chi connectivity index (χ0n) is 5.21. The molecule has 0 bridgehead atoms. The molecule has 0 aliphatic carbocycles. The number of halogens is 5. The summed E-state index contributed by atoms with van der Waals surface area (Å²) in [6.07, 6.45) is 0. The second-order valence-corrected chi connectivity index (χ2v) is 1.69. The van der Waals surface area contributed by atoms with Crippen molar-refractivity contribution in [3.8, 4) is 0 Å². The third-order valence-electron chi connectivity index (χ3n) is 0.990.